The summed E-state index contributed by atoms with van der Waals surface area (Å²) < 4.78 is 0. The third-order valence-electron chi connectivity index (χ3n) is 0.691. The Balaban J connectivity index is 0. The van der Waals surface area contributed by atoms with E-state index in [9.17, 15) is 0 Å². The lowest BCUT2D eigenvalue weighted by molar-refractivity contribution is 0.957. The lowest BCUT2D eigenvalue weighted by Crippen LogP contribution is -1.55. The summed E-state index contributed by atoms with van der Waals surface area (Å²) >= 11 is 0. The van der Waals surface area contributed by atoms with E-state index >= 15 is 0 Å². The first kappa shape index (κ1) is 11.3. The topological polar surface area (TPSA) is 0 Å². The maximum Gasteiger partial charge on any atom is -0.0353 e. The highest BCUT2D eigenvalue weighted by atomic mass is 13.7. The Kier molecular flexibility index (Phi) is 19.6. The van der Waals surface area contributed by atoms with Crippen LogP contribution in [0, 0.1) is 0 Å². The van der Waals surface area contributed by atoms with E-state index in [1.165, 1.54) is 12.8 Å². The van der Waals surface area contributed by atoms with Crippen LogP contribution in [0.1, 0.15) is 33.6 Å². The van der Waals surface area contributed by atoms with E-state index in [1.54, 1.807) is 6.08 Å². The summed E-state index contributed by atoms with van der Waals surface area (Å²) in [5, 5.41) is 0. The van der Waals surface area contributed by atoms with Crippen molar-refractivity contribution in [2.75, 3.05) is 0 Å². The second-order valence-electron chi connectivity index (χ2n) is 1.77. The van der Waals surface area contributed by atoms with Crippen LogP contribution in [0.4, 0.5) is 0 Å². The van der Waals surface area contributed by atoms with Crippen molar-refractivity contribution in [3.05, 3.63) is 24.8 Å². The number of rotatable bonds is 2. The molecule has 0 saturated heterocycles. The smallest absolute Gasteiger partial charge is 0.0353 e. The third kappa shape index (κ3) is 36.5. The van der Waals surface area contributed by atoms with Gasteiger partial charge in [0.05, 0.1) is 0 Å². The molecule has 0 unspecified atom stereocenters. The molecule has 0 saturated carbocycles. The second-order valence-corrected chi connectivity index (χ2v) is 1.77. The van der Waals surface area contributed by atoms with Crippen LogP contribution < -0.4 is 0 Å². The fraction of sp³-hybridized carbons (Fsp3) is 0.556. The van der Waals surface area contributed by atoms with Crippen LogP contribution >= 0.6 is 0 Å². The summed E-state index contributed by atoms with van der Waals surface area (Å²) in [7, 11) is 0. The van der Waals surface area contributed by atoms with Gasteiger partial charge in [-0.15, -0.1) is 6.58 Å². The summed E-state index contributed by atoms with van der Waals surface area (Å²) in [6.45, 7) is 9.48. The van der Waals surface area contributed by atoms with Gasteiger partial charge in [-0.1, -0.05) is 31.6 Å². The third-order valence-corrected chi connectivity index (χ3v) is 0.691. The fourth-order valence-corrected chi connectivity index (χ4v) is 0.333. The minimum atomic E-state index is 1.23. The van der Waals surface area contributed by atoms with Gasteiger partial charge in [0.15, 0.2) is 0 Å². The molecule has 54 valence electrons. The second kappa shape index (κ2) is 15.6. The van der Waals surface area contributed by atoms with E-state index in [2.05, 4.69) is 32.6 Å². The molecule has 0 bridgehead atoms. The summed E-state index contributed by atoms with van der Waals surface area (Å²) in [4.78, 5) is 0. The van der Waals surface area contributed by atoms with E-state index in [0.717, 1.165) is 0 Å². The molecule has 0 N–H and O–H groups in total. The fourth-order valence-electron chi connectivity index (χ4n) is 0.333. The number of unbranched alkanes of at least 4 members (excludes halogenated alkanes) is 1. The van der Waals surface area contributed by atoms with Gasteiger partial charge in [-0.3, -0.25) is 0 Å². The van der Waals surface area contributed by atoms with Gasteiger partial charge in [0.2, 0.25) is 0 Å². The van der Waals surface area contributed by atoms with Crippen molar-refractivity contribution in [2.45, 2.75) is 33.6 Å². The summed E-state index contributed by atoms with van der Waals surface area (Å²) in [6.07, 6.45) is 8.52. The first-order valence-electron chi connectivity index (χ1n) is 3.51. The Morgan fingerprint density at radius 2 is 1.78 bits per heavy atom. The lowest BCUT2D eigenvalue weighted by Gasteiger charge is -1.76. The van der Waals surface area contributed by atoms with E-state index in [0.29, 0.717) is 0 Å². The van der Waals surface area contributed by atoms with Gasteiger partial charge in [0.1, 0.15) is 0 Å². The van der Waals surface area contributed by atoms with Crippen LogP contribution in [0.2, 0.25) is 0 Å². The molecule has 0 aliphatic rings. The normalized spacial score (nSPS) is 8.33. The van der Waals surface area contributed by atoms with Crippen molar-refractivity contribution in [1.29, 1.82) is 0 Å². The van der Waals surface area contributed by atoms with Crippen molar-refractivity contribution >= 4 is 0 Å². The molecule has 0 amide bonds. The molecular formula is C9H18. The molecule has 0 aromatic carbocycles. The van der Waals surface area contributed by atoms with Crippen molar-refractivity contribution in [2.24, 2.45) is 0 Å². The minimum Gasteiger partial charge on any atom is -0.103 e. The van der Waals surface area contributed by atoms with E-state index in [-0.39, 0.29) is 0 Å². The maximum absolute atomic E-state index is 3.36. The Hall–Kier alpha value is -0.520. The van der Waals surface area contributed by atoms with Gasteiger partial charge in [-0.05, 0) is 20.3 Å². The van der Waals surface area contributed by atoms with Crippen LogP contribution in [-0.4, -0.2) is 0 Å². The molecule has 0 heterocycles. The van der Waals surface area contributed by atoms with Crippen LogP contribution in [0.5, 0.6) is 0 Å². The zero-order chi connectivity index (χ0) is 7.54. The highest BCUT2D eigenvalue weighted by Crippen LogP contribution is 1.85. The van der Waals surface area contributed by atoms with Crippen LogP contribution in [-0.2, 0) is 0 Å². The molecule has 0 nitrogen and oxygen atoms in total. The maximum atomic E-state index is 3.36. The molecule has 0 radical (unpaired) electrons. The zero-order valence-corrected chi connectivity index (χ0v) is 6.85. The van der Waals surface area contributed by atoms with E-state index < -0.39 is 0 Å². The number of hydrogen-bond donors (Lipinski definition) is 0. The van der Waals surface area contributed by atoms with Gasteiger partial charge in [-0.25, -0.2) is 0 Å². The van der Waals surface area contributed by atoms with Crippen molar-refractivity contribution in [3.63, 3.8) is 0 Å². The summed E-state index contributed by atoms with van der Waals surface area (Å²) in [5.74, 6) is 0. The molecule has 0 spiro atoms. The Labute approximate surface area is 59.3 Å². The van der Waals surface area contributed by atoms with Gasteiger partial charge >= 0.3 is 0 Å². The van der Waals surface area contributed by atoms with Crippen molar-refractivity contribution in [1.82, 2.24) is 0 Å². The largest absolute Gasteiger partial charge is 0.103 e. The van der Waals surface area contributed by atoms with Gasteiger partial charge < -0.3 is 0 Å². The SMILES string of the molecule is C=CC.CC=CCCC. The number of allylic oxidation sites excluding steroid dienone is 3. The van der Waals surface area contributed by atoms with Crippen molar-refractivity contribution in [3.8, 4) is 0 Å². The monoisotopic (exact) mass is 126 g/mol. The van der Waals surface area contributed by atoms with Gasteiger partial charge in [0.25, 0.3) is 0 Å². The first-order valence-corrected chi connectivity index (χ1v) is 3.51. The molecule has 0 aromatic heterocycles. The molecule has 0 fully saturated rings. The molecule has 0 aliphatic carbocycles. The van der Waals surface area contributed by atoms with Gasteiger partial charge in [-0.2, -0.15) is 0 Å². The molecule has 0 aromatic rings. The minimum absolute atomic E-state index is 1.23. The quantitative estimate of drug-likeness (QED) is 0.496. The number of hydrogen-bond acceptors (Lipinski definition) is 0. The summed E-state index contributed by atoms with van der Waals surface area (Å²) in [5.41, 5.74) is 0. The van der Waals surface area contributed by atoms with Crippen LogP contribution in [0.15, 0.2) is 24.8 Å². The van der Waals surface area contributed by atoms with E-state index in [1.807, 2.05) is 6.92 Å². The average molecular weight is 126 g/mol. The highest BCUT2D eigenvalue weighted by Gasteiger charge is 1.64. The van der Waals surface area contributed by atoms with Crippen molar-refractivity contribution < 1.29 is 0 Å². The lowest BCUT2D eigenvalue weighted by atomic mass is 10.3. The predicted octanol–water partition coefficient (Wildman–Crippen LogP) is 3.55. The standard InChI is InChI=1S/C6H12.C3H6/c1-3-5-6-4-2;1-3-2/h3,5H,4,6H2,1-2H3;3H,1H2,2H3. The molecule has 9 heavy (non-hydrogen) atoms. The predicted molar refractivity (Wildman–Crippen MR) is 45.6 cm³/mol. The zero-order valence-electron chi connectivity index (χ0n) is 6.85. The Morgan fingerprint density at radius 3 is 1.89 bits per heavy atom. The van der Waals surface area contributed by atoms with E-state index in [4.69, 9.17) is 0 Å². The Bertz CT molecular complexity index is 60.4. The molecule has 0 atom stereocenters. The Morgan fingerprint density at radius 1 is 1.33 bits per heavy atom. The van der Waals surface area contributed by atoms with Crippen LogP contribution in [0.3, 0.4) is 0 Å². The summed E-state index contributed by atoms with van der Waals surface area (Å²) in [6, 6.07) is 0. The highest BCUT2D eigenvalue weighted by molar-refractivity contribution is 4.75. The molecular weight excluding hydrogens is 108 g/mol. The molecule has 0 heteroatoms. The van der Waals surface area contributed by atoms with Gasteiger partial charge in [0, 0.05) is 0 Å². The average Bonchev–Trinajstić information content (AvgIpc) is 1.86. The first-order chi connectivity index (χ1) is 4.33. The van der Waals surface area contributed by atoms with Crippen LogP contribution in [0.25, 0.3) is 0 Å². The molecule has 0 rings (SSSR count). The molecule has 0 aliphatic heterocycles.